The molecule has 0 fully saturated rings. The van der Waals surface area contributed by atoms with Crippen molar-refractivity contribution in [3.63, 3.8) is 0 Å². The highest BCUT2D eigenvalue weighted by molar-refractivity contribution is 9.10. The van der Waals surface area contributed by atoms with Gasteiger partial charge in [0.2, 0.25) is 6.79 Å². The fraction of sp³-hybridized carbons (Fsp3) is 0.208. The number of carbonyl (C=O) groups is 1. The maximum atomic E-state index is 13.7. The Balaban J connectivity index is 1.75. The summed E-state index contributed by atoms with van der Waals surface area (Å²) in [6.45, 7) is 3.70. The van der Waals surface area contributed by atoms with Crippen molar-refractivity contribution in [3.05, 3.63) is 81.9 Å². The van der Waals surface area contributed by atoms with Crippen molar-refractivity contribution in [2.24, 2.45) is 4.99 Å². The van der Waals surface area contributed by atoms with Crippen LogP contribution in [-0.4, -0.2) is 29.0 Å². The van der Waals surface area contributed by atoms with Crippen LogP contribution >= 0.6 is 38.9 Å². The number of ether oxygens (including phenoxy) is 3. The summed E-state index contributed by atoms with van der Waals surface area (Å²) in [5.41, 5.74) is 1.36. The van der Waals surface area contributed by atoms with Crippen molar-refractivity contribution in [2.75, 3.05) is 13.4 Å². The highest BCUT2D eigenvalue weighted by Gasteiger charge is 2.34. The number of fused-ring (bicyclic) bond motifs is 2. The summed E-state index contributed by atoms with van der Waals surface area (Å²) in [6.07, 6.45) is 1.55. The Bertz CT molecular complexity index is 1590. The van der Waals surface area contributed by atoms with Gasteiger partial charge in [-0.05, 0) is 49.8 Å². The van der Waals surface area contributed by atoms with Crippen LogP contribution in [0.25, 0.3) is 6.08 Å². The lowest BCUT2D eigenvalue weighted by molar-refractivity contribution is -0.139. The molecule has 0 amide bonds. The van der Waals surface area contributed by atoms with E-state index in [0.29, 0.717) is 42.1 Å². The Labute approximate surface area is 216 Å². The lowest BCUT2D eigenvalue weighted by atomic mass is 9.95. The number of esters is 1. The molecule has 3 aromatic rings. The molecule has 0 aliphatic carbocycles. The number of hydrogen-bond acceptors (Lipinski definition) is 8. The van der Waals surface area contributed by atoms with Gasteiger partial charge in [-0.25, -0.2) is 9.79 Å². The first-order chi connectivity index (χ1) is 16.8. The van der Waals surface area contributed by atoms with E-state index in [0.717, 1.165) is 11.3 Å². The van der Waals surface area contributed by atoms with Crippen LogP contribution in [-0.2, 0) is 9.53 Å². The molecule has 5 rings (SSSR count). The molecule has 35 heavy (non-hydrogen) atoms. The van der Waals surface area contributed by atoms with Gasteiger partial charge in [0.25, 0.3) is 5.56 Å². The smallest absolute Gasteiger partial charge is 0.338 e. The third kappa shape index (κ3) is 4.15. The molecule has 1 N–H and O–H groups in total. The summed E-state index contributed by atoms with van der Waals surface area (Å²) in [4.78, 5) is 31.6. The fourth-order valence-corrected chi connectivity index (χ4v) is 5.90. The van der Waals surface area contributed by atoms with Gasteiger partial charge in [0, 0.05) is 10.0 Å². The summed E-state index contributed by atoms with van der Waals surface area (Å²) in [6, 6.07) is 7.71. The quantitative estimate of drug-likeness (QED) is 0.476. The summed E-state index contributed by atoms with van der Waals surface area (Å²) in [7, 11) is 0. The number of carbonyl (C=O) groups excluding carboxylic acids is 1. The number of hydrogen-bond donors (Lipinski definition) is 1. The number of aromatic nitrogens is 1. The number of aromatic hydroxyl groups is 1. The molecule has 1 aromatic heterocycles. The lowest BCUT2D eigenvalue weighted by Crippen LogP contribution is -2.39. The van der Waals surface area contributed by atoms with Crippen LogP contribution < -0.4 is 24.4 Å². The SMILES string of the molecule is CCOC(=O)C1=C(C)N=c2s/c(=C\c3cc(Br)cc(Cl)c3O)c(=O)n2[C@@H]1c1ccc2c(c1)OCO2. The first-order valence-corrected chi connectivity index (χ1v) is 12.5. The zero-order valence-electron chi connectivity index (χ0n) is 18.5. The minimum absolute atomic E-state index is 0.0971. The highest BCUT2D eigenvalue weighted by Crippen LogP contribution is 2.38. The molecule has 2 aromatic carbocycles. The van der Waals surface area contributed by atoms with Crippen LogP contribution in [0, 0.1) is 0 Å². The Morgan fingerprint density at radius 2 is 2.11 bits per heavy atom. The van der Waals surface area contributed by atoms with Crippen molar-refractivity contribution < 1.29 is 24.1 Å². The summed E-state index contributed by atoms with van der Waals surface area (Å²) in [5.74, 6) is 0.413. The second-order valence-corrected chi connectivity index (χ2v) is 10.1. The van der Waals surface area contributed by atoms with Crippen molar-refractivity contribution in [2.45, 2.75) is 19.9 Å². The van der Waals surface area contributed by atoms with E-state index in [9.17, 15) is 14.7 Å². The Hall–Kier alpha value is -3.08. The first kappa shape index (κ1) is 23.7. The van der Waals surface area contributed by atoms with Crippen molar-refractivity contribution in [1.29, 1.82) is 0 Å². The number of halogens is 2. The largest absolute Gasteiger partial charge is 0.506 e. The maximum Gasteiger partial charge on any atom is 0.338 e. The van der Waals surface area contributed by atoms with E-state index < -0.39 is 12.0 Å². The number of phenolic OH excluding ortho intramolecular Hbond substituents is 1. The van der Waals surface area contributed by atoms with E-state index >= 15 is 0 Å². The topological polar surface area (TPSA) is 99.4 Å². The predicted octanol–water partition coefficient (Wildman–Crippen LogP) is 3.65. The average molecular weight is 578 g/mol. The van der Waals surface area contributed by atoms with Gasteiger partial charge in [-0.1, -0.05) is 44.9 Å². The third-order valence-electron chi connectivity index (χ3n) is 5.57. The number of phenols is 1. The molecule has 2 aliphatic heterocycles. The third-order valence-corrected chi connectivity index (χ3v) is 7.30. The van der Waals surface area contributed by atoms with Gasteiger partial charge >= 0.3 is 5.97 Å². The van der Waals surface area contributed by atoms with E-state index in [2.05, 4.69) is 20.9 Å². The van der Waals surface area contributed by atoms with Gasteiger partial charge in [-0.15, -0.1) is 0 Å². The second kappa shape index (κ2) is 9.18. The van der Waals surface area contributed by atoms with Crippen molar-refractivity contribution in [1.82, 2.24) is 4.57 Å². The molecule has 0 saturated heterocycles. The molecule has 3 heterocycles. The van der Waals surface area contributed by atoms with Crippen LogP contribution in [0.5, 0.6) is 17.2 Å². The number of benzene rings is 2. The molecular weight excluding hydrogens is 560 g/mol. The van der Waals surface area contributed by atoms with Crippen LogP contribution in [0.2, 0.25) is 5.02 Å². The molecule has 0 bridgehead atoms. The minimum atomic E-state index is -0.790. The first-order valence-electron chi connectivity index (χ1n) is 10.6. The van der Waals surface area contributed by atoms with Crippen molar-refractivity contribution >= 4 is 50.9 Å². The van der Waals surface area contributed by atoms with Gasteiger partial charge < -0.3 is 19.3 Å². The van der Waals surface area contributed by atoms with Gasteiger partial charge in [-0.2, -0.15) is 0 Å². The normalized spacial score (nSPS) is 16.8. The number of thiazole rings is 1. The monoisotopic (exact) mass is 576 g/mol. The molecule has 2 aliphatic rings. The molecule has 0 saturated carbocycles. The summed E-state index contributed by atoms with van der Waals surface area (Å²) < 4.78 is 18.7. The molecule has 0 unspecified atom stereocenters. The molecule has 0 radical (unpaired) electrons. The average Bonchev–Trinajstić information content (AvgIpc) is 3.40. The number of allylic oxidation sites excluding steroid dienone is 1. The van der Waals surface area contributed by atoms with Gasteiger partial charge in [0.05, 0.1) is 33.5 Å². The zero-order valence-corrected chi connectivity index (χ0v) is 21.7. The van der Waals surface area contributed by atoms with E-state index in [1.807, 2.05) is 0 Å². The Kier molecular flexibility index (Phi) is 6.20. The molecule has 180 valence electrons. The number of rotatable bonds is 4. The molecular formula is C24H18BrClN2O6S. The lowest BCUT2D eigenvalue weighted by Gasteiger charge is -2.24. The van der Waals surface area contributed by atoms with Crippen LogP contribution in [0.1, 0.15) is 31.0 Å². The highest BCUT2D eigenvalue weighted by atomic mass is 79.9. The van der Waals surface area contributed by atoms with Gasteiger partial charge in [0.15, 0.2) is 16.3 Å². The van der Waals surface area contributed by atoms with Gasteiger partial charge in [-0.3, -0.25) is 9.36 Å². The molecule has 1 atom stereocenters. The van der Waals surface area contributed by atoms with E-state index in [1.165, 1.54) is 4.57 Å². The molecule has 8 nitrogen and oxygen atoms in total. The Morgan fingerprint density at radius 3 is 2.89 bits per heavy atom. The fourth-order valence-electron chi connectivity index (χ4n) is 4.03. The summed E-state index contributed by atoms with van der Waals surface area (Å²) >= 11 is 10.6. The van der Waals surface area contributed by atoms with Crippen LogP contribution in [0.4, 0.5) is 0 Å². The van der Waals surface area contributed by atoms with Crippen LogP contribution in [0.15, 0.2) is 55.9 Å². The van der Waals surface area contributed by atoms with E-state index in [-0.39, 0.29) is 35.3 Å². The molecule has 11 heteroatoms. The van der Waals surface area contributed by atoms with E-state index in [4.69, 9.17) is 25.8 Å². The molecule has 0 spiro atoms. The summed E-state index contributed by atoms with van der Waals surface area (Å²) in [5, 5.41) is 10.6. The second-order valence-electron chi connectivity index (χ2n) is 7.74. The Morgan fingerprint density at radius 1 is 1.34 bits per heavy atom. The van der Waals surface area contributed by atoms with Gasteiger partial charge in [0.1, 0.15) is 5.75 Å². The number of nitrogens with zero attached hydrogens (tertiary/aromatic N) is 2. The standard InChI is InChI=1S/C24H18BrClN2O6S/c1-3-32-23(31)19-11(2)27-24-28(20(19)12-4-5-16-17(7-12)34-10-33-16)22(30)18(35-24)8-13-6-14(25)9-15(26)21(13)29/h4-9,20,29H,3,10H2,1-2H3/b18-8-/t20-/m1/s1. The predicted molar refractivity (Wildman–Crippen MR) is 134 cm³/mol. The maximum absolute atomic E-state index is 13.7. The zero-order chi connectivity index (χ0) is 24.9. The van der Waals surface area contributed by atoms with Crippen molar-refractivity contribution in [3.8, 4) is 17.2 Å². The van der Waals surface area contributed by atoms with Crippen LogP contribution in [0.3, 0.4) is 0 Å². The minimum Gasteiger partial charge on any atom is -0.506 e. The van der Waals surface area contributed by atoms with E-state index in [1.54, 1.807) is 50.3 Å².